The molecule has 1 aliphatic rings. The maximum absolute atomic E-state index is 11.1. The highest BCUT2D eigenvalue weighted by Gasteiger charge is 2.28. The van der Waals surface area contributed by atoms with Crippen LogP contribution in [0.3, 0.4) is 0 Å². The van der Waals surface area contributed by atoms with E-state index in [1.165, 1.54) is 13.3 Å². The lowest BCUT2D eigenvalue weighted by atomic mass is 10.0. The summed E-state index contributed by atoms with van der Waals surface area (Å²) in [5.74, 6) is -0.364. The molecule has 0 radical (unpaired) electrons. The van der Waals surface area contributed by atoms with Crippen molar-refractivity contribution in [3.8, 4) is 0 Å². The molecule has 0 spiro atoms. The molecule has 1 fully saturated rings. The highest BCUT2D eigenvalue weighted by molar-refractivity contribution is 5.88. The standard InChI is InChI=1S/C11H13NO3/c1-7-5-10(15-7)9-4-3-8(6-12-9)11(13)14-2/h3-4,6-7,10H,5H2,1-2H3. The third-order valence-electron chi connectivity index (χ3n) is 2.48. The van der Waals surface area contributed by atoms with Gasteiger partial charge in [0.15, 0.2) is 0 Å². The fourth-order valence-corrected chi connectivity index (χ4v) is 1.60. The zero-order valence-electron chi connectivity index (χ0n) is 8.77. The van der Waals surface area contributed by atoms with Crippen LogP contribution in [-0.2, 0) is 9.47 Å². The Bertz CT molecular complexity index is 355. The van der Waals surface area contributed by atoms with E-state index in [0.717, 1.165) is 12.1 Å². The van der Waals surface area contributed by atoms with Gasteiger partial charge < -0.3 is 9.47 Å². The van der Waals surface area contributed by atoms with Crippen molar-refractivity contribution in [3.63, 3.8) is 0 Å². The van der Waals surface area contributed by atoms with Gasteiger partial charge in [-0.05, 0) is 19.1 Å². The van der Waals surface area contributed by atoms with Crippen molar-refractivity contribution < 1.29 is 14.3 Å². The molecule has 2 heterocycles. The monoisotopic (exact) mass is 207 g/mol. The summed E-state index contributed by atoms with van der Waals surface area (Å²) in [7, 11) is 1.35. The van der Waals surface area contributed by atoms with Crippen molar-refractivity contribution in [1.82, 2.24) is 4.98 Å². The number of nitrogens with zero attached hydrogens (tertiary/aromatic N) is 1. The number of aromatic nitrogens is 1. The number of pyridine rings is 1. The third-order valence-corrected chi connectivity index (χ3v) is 2.48. The quantitative estimate of drug-likeness (QED) is 0.693. The number of methoxy groups -OCH3 is 1. The van der Waals surface area contributed by atoms with E-state index in [0.29, 0.717) is 11.7 Å². The van der Waals surface area contributed by atoms with E-state index in [4.69, 9.17) is 4.74 Å². The molecule has 2 atom stereocenters. The van der Waals surface area contributed by atoms with Crippen LogP contribution in [0.1, 0.15) is 35.5 Å². The molecule has 0 amide bonds. The van der Waals surface area contributed by atoms with Crippen molar-refractivity contribution >= 4 is 5.97 Å². The fourth-order valence-electron chi connectivity index (χ4n) is 1.60. The van der Waals surface area contributed by atoms with Gasteiger partial charge in [0, 0.05) is 12.6 Å². The second-order valence-corrected chi connectivity index (χ2v) is 3.63. The van der Waals surface area contributed by atoms with Crippen LogP contribution >= 0.6 is 0 Å². The van der Waals surface area contributed by atoms with Crippen molar-refractivity contribution in [2.45, 2.75) is 25.6 Å². The van der Waals surface area contributed by atoms with Gasteiger partial charge in [-0.2, -0.15) is 0 Å². The van der Waals surface area contributed by atoms with E-state index in [-0.39, 0.29) is 12.1 Å². The summed E-state index contributed by atoms with van der Waals surface area (Å²) in [6, 6.07) is 3.52. The Labute approximate surface area is 88.2 Å². The number of carbonyl (C=O) groups is 1. The van der Waals surface area contributed by atoms with E-state index < -0.39 is 0 Å². The molecule has 1 aromatic rings. The van der Waals surface area contributed by atoms with Crippen LogP contribution in [-0.4, -0.2) is 24.2 Å². The second-order valence-electron chi connectivity index (χ2n) is 3.63. The van der Waals surface area contributed by atoms with Gasteiger partial charge in [0.25, 0.3) is 0 Å². The van der Waals surface area contributed by atoms with Crippen LogP contribution in [0.4, 0.5) is 0 Å². The molecule has 2 unspecified atom stereocenters. The molecule has 1 saturated heterocycles. The van der Waals surface area contributed by atoms with Crippen LogP contribution in [0.5, 0.6) is 0 Å². The molecule has 1 aliphatic heterocycles. The topological polar surface area (TPSA) is 48.4 Å². The van der Waals surface area contributed by atoms with Gasteiger partial charge in [0.05, 0.1) is 24.5 Å². The van der Waals surface area contributed by atoms with Gasteiger partial charge >= 0.3 is 5.97 Å². The van der Waals surface area contributed by atoms with Gasteiger partial charge in [0.2, 0.25) is 0 Å². The third kappa shape index (κ3) is 1.99. The van der Waals surface area contributed by atoms with Crippen LogP contribution < -0.4 is 0 Å². The summed E-state index contributed by atoms with van der Waals surface area (Å²) in [6.07, 6.45) is 2.92. The average Bonchev–Trinajstić information content (AvgIpc) is 2.24. The van der Waals surface area contributed by atoms with Crippen molar-refractivity contribution in [3.05, 3.63) is 29.6 Å². The largest absolute Gasteiger partial charge is 0.465 e. The molecule has 80 valence electrons. The lowest BCUT2D eigenvalue weighted by Gasteiger charge is -2.32. The molecule has 15 heavy (non-hydrogen) atoms. The number of carbonyl (C=O) groups excluding carboxylic acids is 1. The zero-order valence-corrected chi connectivity index (χ0v) is 8.77. The minimum Gasteiger partial charge on any atom is -0.465 e. The van der Waals surface area contributed by atoms with Crippen LogP contribution in [0.15, 0.2) is 18.3 Å². The Morgan fingerprint density at radius 1 is 1.60 bits per heavy atom. The zero-order chi connectivity index (χ0) is 10.8. The molecule has 4 nitrogen and oxygen atoms in total. The minimum absolute atomic E-state index is 0.0895. The van der Waals surface area contributed by atoms with Crippen LogP contribution in [0.2, 0.25) is 0 Å². The lowest BCUT2D eigenvalue weighted by molar-refractivity contribution is -0.118. The summed E-state index contributed by atoms with van der Waals surface area (Å²) in [6.45, 7) is 2.03. The molecule has 0 saturated carbocycles. The van der Waals surface area contributed by atoms with E-state index in [1.807, 2.05) is 13.0 Å². The molecular formula is C11H13NO3. The van der Waals surface area contributed by atoms with Crippen LogP contribution in [0.25, 0.3) is 0 Å². The molecular weight excluding hydrogens is 194 g/mol. The number of rotatable bonds is 2. The fraction of sp³-hybridized carbons (Fsp3) is 0.455. The van der Waals surface area contributed by atoms with Gasteiger partial charge in [-0.1, -0.05) is 0 Å². The van der Waals surface area contributed by atoms with E-state index in [1.54, 1.807) is 6.07 Å². The predicted octanol–water partition coefficient (Wildman–Crippen LogP) is 1.72. The highest BCUT2D eigenvalue weighted by atomic mass is 16.5. The highest BCUT2D eigenvalue weighted by Crippen LogP contribution is 2.33. The summed E-state index contributed by atoms with van der Waals surface area (Å²) in [5, 5.41) is 0. The number of ether oxygens (including phenoxy) is 2. The van der Waals surface area contributed by atoms with Gasteiger partial charge in [-0.3, -0.25) is 4.98 Å². The second kappa shape index (κ2) is 3.98. The number of hydrogen-bond donors (Lipinski definition) is 0. The smallest absolute Gasteiger partial charge is 0.339 e. The normalized spacial score (nSPS) is 24.4. The van der Waals surface area contributed by atoms with Crippen molar-refractivity contribution in [1.29, 1.82) is 0 Å². The molecule has 0 aliphatic carbocycles. The number of esters is 1. The summed E-state index contributed by atoms with van der Waals surface area (Å²) in [4.78, 5) is 15.3. The Kier molecular flexibility index (Phi) is 2.68. The molecule has 0 aromatic carbocycles. The Hall–Kier alpha value is -1.42. The first-order chi connectivity index (χ1) is 7.20. The maximum Gasteiger partial charge on any atom is 0.339 e. The predicted molar refractivity (Wildman–Crippen MR) is 53.5 cm³/mol. The average molecular weight is 207 g/mol. The van der Waals surface area contributed by atoms with E-state index in [9.17, 15) is 4.79 Å². The minimum atomic E-state index is -0.364. The lowest BCUT2D eigenvalue weighted by Crippen LogP contribution is -2.28. The first-order valence-electron chi connectivity index (χ1n) is 4.90. The van der Waals surface area contributed by atoms with Crippen molar-refractivity contribution in [2.24, 2.45) is 0 Å². The maximum atomic E-state index is 11.1. The molecule has 2 rings (SSSR count). The van der Waals surface area contributed by atoms with Crippen LogP contribution in [0, 0.1) is 0 Å². The molecule has 1 aromatic heterocycles. The SMILES string of the molecule is COC(=O)c1ccc(C2CC(C)O2)nc1. The van der Waals surface area contributed by atoms with Gasteiger partial charge in [-0.25, -0.2) is 4.79 Å². The van der Waals surface area contributed by atoms with E-state index >= 15 is 0 Å². The van der Waals surface area contributed by atoms with Gasteiger partial charge in [-0.15, -0.1) is 0 Å². The summed E-state index contributed by atoms with van der Waals surface area (Å²) in [5.41, 5.74) is 1.34. The molecule has 0 bridgehead atoms. The summed E-state index contributed by atoms with van der Waals surface area (Å²) >= 11 is 0. The van der Waals surface area contributed by atoms with Crippen molar-refractivity contribution in [2.75, 3.05) is 7.11 Å². The molecule has 4 heteroatoms. The Morgan fingerprint density at radius 2 is 2.33 bits per heavy atom. The Morgan fingerprint density at radius 3 is 2.80 bits per heavy atom. The van der Waals surface area contributed by atoms with E-state index in [2.05, 4.69) is 9.72 Å². The first kappa shape index (κ1) is 10.1. The Balaban J connectivity index is 2.07. The number of hydrogen-bond acceptors (Lipinski definition) is 4. The summed E-state index contributed by atoms with van der Waals surface area (Å²) < 4.78 is 10.1. The van der Waals surface area contributed by atoms with Gasteiger partial charge in [0.1, 0.15) is 6.10 Å². The molecule has 0 N–H and O–H groups in total. The first-order valence-corrected chi connectivity index (χ1v) is 4.90.